The molecule has 4 heteroatoms. The molecule has 2 N–H and O–H groups in total. The van der Waals surface area contributed by atoms with E-state index in [0.717, 1.165) is 36.1 Å². The quantitative estimate of drug-likeness (QED) is 0.926. The molecule has 1 atom stereocenters. The van der Waals surface area contributed by atoms with Crippen LogP contribution in [0.3, 0.4) is 0 Å². The normalized spacial score (nSPS) is 18.7. The van der Waals surface area contributed by atoms with E-state index in [0.29, 0.717) is 6.04 Å². The van der Waals surface area contributed by atoms with Crippen LogP contribution in [0.15, 0.2) is 34.9 Å². The van der Waals surface area contributed by atoms with E-state index in [1.807, 2.05) is 12.3 Å². The smallest absolute Gasteiger partial charge is 0.113 e. The van der Waals surface area contributed by atoms with Gasteiger partial charge in [0.15, 0.2) is 0 Å². The van der Waals surface area contributed by atoms with Crippen LogP contribution in [0.5, 0.6) is 0 Å². The predicted octanol–water partition coefficient (Wildman–Crippen LogP) is 2.51. The molecule has 2 aromatic rings. The Morgan fingerprint density at radius 3 is 3.17 bits per heavy atom. The van der Waals surface area contributed by atoms with Crippen molar-refractivity contribution in [1.82, 2.24) is 9.55 Å². The standard InChI is InChI=1S/C14H16BrN3/c15-11-3-1-2-10(6-11)7-14-17-9-13-8-12(16)4-5-18(13)14/h1-3,6,9,12H,4-5,7-8,16H2. The summed E-state index contributed by atoms with van der Waals surface area (Å²) in [4.78, 5) is 4.55. The molecule has 0 aliphatic carbocycles. The number of nitrogens with zero attached hydrogens (tertiary/aromatic N) is 2. The number of benzene rings is 1. The number of halogens is 1. The van der Waals surface area contributed by atoms with Gasteiger partial charge in [-0.05, 0) is 24.1 Å². The maximum absolute atomic E-state index is 5.98. The van der Waals surface area contributed by atoms with Crippen molar-refractivity contribution in [1.29, 1.82) is 0 Å². The first-order valence-electron chi connectivity index (χ1n) is 6.25. The minimum absolute atomic E-state index is 0.299. The van der Waals surface area contributed by atoms with Crippen molar-refractivity contribution in [2.45, 2.75) is 31.8 Å². The van der Waals surface area contributed by atoms with Crippen LogP contribution in [0.2, 0.25) is 0 Å². The maximum Gasteiger partial charge on any atom is 0.113 e. The molecule has 0 amide bonds. The Hall–Kier alpha value is -1.13. The molecule has 0 radical (unpaired) electrons. The summed E-state index contributed by atoms with van der Waals surface area (Å²) in [5, 5.41) is 0. The average Bonchev–Trinajstić information content (AvgIpc) is 2.72. The molecule has 1 aromatic carbocycles. The van der Waals surface area contributed by atoms with Crippen LogP contribution in [0.4, 0.5) is 0 Å². The zero-order valence-corrected chi connectivity index (χ0v) is 11.7. The molecule has 18 heavy (non-hydrogen) atoms. The largest absolute Gasteiger partial charge is 0.332 e. The number of hydrogen-bond acceptors (Lipinski definition) is 2. The fourth-order valence-electron chi connectivity index (χ4n) is 2.53. The lowest BCUT2D eigenvalue weighted by Gasteiger charge is -2.21. The number of fused-ring (bicyclic) bond motifs is 1. The van der Waals surface area contributed by atoms with Gasteiger partial charge >= 0.3 is 0 Å². The summed E-state index contributed by atoms with van der Waals surface area (Å²) in [6, 6.07) is 8.70. The topological polar surface area (TPSA) is 43.8 Å². The second-order valence-electron chi connectivity index (χ2n) is 4.88. The molecule has 0 bridgehead atoms. The number of aromatic nitrogens is 2. The summed E-state index contributed by atoms with van der Waals surface area (Å²) in [6.45, 7) is 1.000. The van der Waals surface area contributed by atoms with E-state index >= 15 is 0 Å². The Morgan fingerprint density at radius 1 is 1.44 bits per heavy atom. The van der Waals surface area contributed by atoms with Crippen molar-refractivity contribution in [3.05, 3.63) is 52.0 Å². The van der Waals surface area contributed by atoms with E-state index in [1.165, 1.54) is 11.3 Å². The van der Waals surface area contributed by atoms with Gasteiger partial charge < -0.3 is 10.3 Å². The van der Waals surface area contributed by atoms with E-state index < -0.39 is 0 Å². The Labute approximate surface area is 115 Å². The van der Waals surface area contributed by atoms with E-state index in [1.54, 1.807) is 0 Å². The Balaban J connectivity index is 1.86. The molecule has 0 saturated heterocycles. The van der Waals surface area contributed by atoms with Gasteiger partial charge in [0, 0.05) is 41.8 Å². The summed E-state index contributed by atoms with van der Waals surface area (Å²) >= 11 is 3.51. The first-order valence-corrected chi connectivity index (χ1v) is 7.05. The summed E-state index contributed by atoms with van der Waals surface area (Å²) in [5.41, 5.74) is 8.55. The lowest BCUT2D eigenvalue weighted by Crippen LogP contribution is -2.31. The Bertz CT molecular complexity index is 562. The van der Waals surface area contributed by atoms with E-state index in [2.05, 4.69) is 43.7 Å². The highest BCUT2D eigenvalue weighted by Gasteiger charge is 2.18. The highest BCUT2D eigenvalue weighted by atomic mass is 79.9. The zero-order valence-electron chi connectivity index (χ0n) is 10.1. The van der Waals surface area contributed by atoms with Gasteiger partial charge in [-0.25, -0.2) is 4.98 Å². The number of hydrogen-bond donors (Lipinski definition) is 1. The van der Waals surface area contributed by atoms with Crippen LogP contribution >= 0.6 is 15.9 Å². The third-order valence-corrected chi connectivity index (χ3v) is 3.96. The van der Waals surface area contributed by atoms with Crippen LogP contribution in [-0.4, -0.2) is 15.6 Å². The highest BCUT2D eigenvalue weighted by molar-refractivity contribution is 9.10. The van der Waals surface area contributed by atoms with Gasteiger partial charge in [0.2, 0.25) is 0 Å². The van der Waals surface area contributed by atoms with E-state index in [4.69, 9.17) is 5.73 Å². The van der Waals surface area contributed by atoms with Gasteiger partial charge in [-0.2, -0.15) is 0 Å². The van der Waals surface area contributed by atoms with Gasteiger partial charge in [0.25, 0.3) is 0 Å². The summed E-state index contributed by atoms with van der Waals surface area (Å²) in [5.74, 6) is 1.15. The monoisotopic (exact) mass is 305 g/mol. The number of imidazole rings is 1. The molecule has 2 heterocycles. The number of nitrogens with two attached hydrogens (primary N) is 1. The van der Waals surface area contributed by atoms with Gasteiger partial charge in [0.05, 0.1) is 0 Å². The van der Waals surface area contributed by atoms with Crippen LogP contribution in [-0.2, 0) is 19.4 Å². The molecule has 3 nitrogen and oxygen atoms in total. The number of rotatable bonds is 2. The summed E-state index contributed by atoms with van der Waals surface area (Å²) in [7, 11) is 0. The van der Waals surface area contributed by atoms with Crippen molar-refractivity contribution in [3.8, 4) is 0 Å². The van der Waals surface area contributed by atoms with Crippen LogP contribution in [0.25, 0.3) is 0 Å². The lowest BCUT2D eigenvalue weighted by molar-refractivity contribution is 0.462. The fraction of sp³-hybridized carbons (Fsp3) is 0.357. The molecule has 94 valence electrons. The molecule has 0 fully saturated rings. The fourth-order valence-corrected chi connectivity index (χ4v) is 2.97. The van der Waals surface area contributed by atoms with Crippen molar-refractivity contribution in [3.63, 3.8) is 0 Å². The zero-order chi connectivity index (χ0) is 12.5. The minimum atomic E-state index is 0.299. The predicted molar refractivity (Wildman–Crippen MR) is 75.5 cm³/mol. The first-order chi connectivity index (χ1) is 8.72. The van der Waals surface area contributed by atoms with Gasteiger partial charge in [0.1, 0.15) is 5.82 Å². The molecule has 3 rings (SSSR count). The molecule has 0 saturated carbocycles. The maximum atomic E-state index is 5.98. The molecule has 0 spiro atoms. The van der Waals surface area contributed by atoms with Crippen LogP contribution in [0.1, 0.15) is 23.5 Å². The molecule has 1 aliphatic rings. The van der Waals surface area contributed by atoms with Crippen molar-refractivity contribution >= 4 is 15.9 Å². The van der Waals surface area contributed by atoms with Crippen molar-refractivity contribution < 1.29 is 0 Å². The SMILES string of the molecule is NC1CCn2c(cnc2Cc2cccc(Br)c2)C1. The minimum Gasteiger partial charge on any atom is -0.332 e. The van der Waals surface area contributed by atoms with Crippen molar-refractivity contribution in [2.75, 3.05) is 0 Å². The second-order valence-corrected chi connectivity index (χ2v) is 5.79. The molecule has 1 unspecified atom stereocenters. The Kier molecular flexibility index (Phi) is 3.22. The van der Waals surface area contributed by atoms with Crippen LogP contribution < -0.4 is 5.73 Å². The first kappa shape index (κ1) is 11.9. The van der Waals surface area contributed by atoms with Crippen LogP contribution in [0, 0.1) is 0 Å². The van der Waals surface area contributed by atoms with Gasteiger partial charge in [-0.3, -0.25) is 0 Å². The molecule has 1 aliphatic heterocycles. The summed E-state index contributed by atoms with van der Waals surface area (Å²) in [6.07, 6.45) is 4.86. The van der Waals surface area contributed by atoms with Crippen molar-refractivity contribution in [2.24, 2.45) is 5.73 Å². The molecule has 1 aromatic heterocycles. The summed E-state index contributed by atoms with van der Waals surface area (Å²) < 4.78 is 3.44. The molecular formula is C14H16BrN3. The third-order valence-electron chi connectivity index (χ3n) is 3.47. The molecular weight excluding hydrogens is 290 g/mol. The highest BCUT2D eigenvalue weighted by Crippen LogP contribution is 2.19. The Morgan fingerprint density at radius 2 is 2.33 bits per heavy atom. The average molecular weight is 306 g/mol. The van der Waals surface area contributed by atoms with E-state index in [9.17, 15) is 0 Å². The van der Waals surface area contributed by atoms with Gasteiger partial charge in [-0.15, -0.1) is 0 Å². The van der Waals surface area contributed by atoms with Gasteiger partial charge in [-0.1, -0.05) is 28.1 Å². The lowest BCUT2D eigenvalue weighted by atomic mass is 10.1. The second kappa shape index (κ2) is 4.86. The van der Waals surface area contributed by atoms with E-state index in [-0.39, 0.29) is 0 Å². The third kappa shape index (κ3) is 2.35.